The minimum Gasteiger partial charge on any atom is -0.481 e. The summed E-state index contributed by atoms with van der Waals surface area (Å²) in [6, 6.07) is 0.544. The molecule has 1 aliphatic carbocycles. The Kier molecular flexibility index (Phi) is 4.96. The van der Waals surface area contributed by atoms with Gasteiger partial charge < -0.3 is 14.8 Å². The number of hydrogen-bond acceptors (Lipinski definition) is 5. The summed E-state index contributed by atoms with van der Waals surface area (Å²) in [6.45, 7) is 2.90. The number of ether oxygens (including phenoxy) is 2. The number of methoxy groups -OCH3 is 2. The average Bonchev–Trinajstić information content (AvgIpc) is 3.26. The molecule has 1 atom stereocenters. The molecule has 1 aromatic rings. The lowest BCUT2D eigenvalue weighted by Gasteiger charge is -2.18. The van der Waals surface area contributed by atoms with Crippen LogP contribution in [0.15, 0.2) is 6.33 Å². The molecule has 1 unspecified atom stereocenters. The Bertz CT molecular complexity index is 385. The van der Waals surface area contributed by atoms with E-state index in [1.807, 2.05) is 0 Å². The van der Waals surface area contributed by atoms with Crippen molar-refractivity contribution in [2.75, 3.05) is 14.2 Å². The number of hydrogen-bond donors (Lipinski definition) is 1. The van der Waals surface area contributed by atoms with E-state index in [4.69, 9.17) is 9.47 Å². The summed E-state index contributed by atoms with van der Waals surface area (Å²) < 4.78 is 10.6. The van der Waals surface area contributed by atoms with E-state index in [1.165, 1.54) is 25.6 Å². The second-order valence-electron chi connectivity index (χ2n) is 5.04. The predicted molar refractivity (Wildman–Crippen MR) is 73.4 cm³/mol. The van der Waals surface area contributed by atoms with Gasteiger partial charge in [0.1, 0.15) is 6.33 Å². The van der Waals surface area contributed by atoms with Gasteiger partial charge in [-0.25, -0.2) is 9.97 Å². The molecule has 0 radical (unpaired) electrons. The van der Waals surface area contributed by atoms with Gasteiger partial charge in [0, 0.05) is 12.6 Å². The van der Waals surface area contributed by atoms with Crippen LogP contribution in [-0.4, -0.2) is 30.2 Å². The number of aromatic nitrogens is 2. The van der Waals surface area contributed by atoms with E-state index in [2.05, 4.69) is 22.2 Å². The lowest BCUT2D eigenvalue weighted by Crippen LogP contribution is -2.29. The SMILES string of the molecule is CCC(CC1CC1)NCc1c(OC)ncnc1OC. The summed E-state index contributed by atoms with van der Waals surface area (Å²) in [5.74, 6) is 2.09. The minimum absolute atomic E-state index is 0.544. The van der Waals surface area contributed by atoms with Gasteiger partial charge >= 0.3 is 0 Å². The van der Waals surface area contributed by atoms with Gasteiger partial charge in [-0.3, -0.25) is 0 Å². The zero-order valence-electron chi connectivity index (χ0n) is 12.0. The van der Waals surface area contributed by atoms with Gasteiger partial charge in [0.05, 0.1) is 19.8 Å². The maximum Gasteiger partial charge on any atom is 0.224 e. The summed E-state index contributed by atoms with van der Waals surface area (Å²) in [4.78, 5) is 8.26. The van der Waals surface area contributed by atoms with E-state index in [9.17, 15) is 0 Å². The molecule has 0 bridgehead atoms. The monoisotopic (exact) mass is 265 g/mol. The first kappa shape index (κ1) is 14.1. The van der Waals surface area contributed by atoms with Crippen LogP contribution >= 0.6 is 0 Å². The molecule has 2 rings (SSSR count). The standard InChI is InChI=1S/C14H23N3O2/c1-4-11(7-10-5-6-10)15-8-12-13(18-2)16-9-17-14(12)19-3/h9-11,15H,4-8H2,1-3H3. The van der Waals surface area contributed by atoms with E-state index in [-0.39, 0.29) is 0 Å². The summed E-state index contributed by atoms with van der Waals surface area (Å²) in [5.41, 5.74) is 0.891. The molecule has 19 heavy (non-hydrogen) atoms. The summed E-state index contributed by atoms with van der Waals surface area (Å²) in [7, 11) is 3.24. The minimum atomic E-state index is 0.544. The lowest BCUT2D eigenvalue weighted by molar-refractivity contribution is 0.353. The highest BCUT2D eigenvalue weighted by molar-refractivity contribution is 5.34. The normalized spacial score (nSPS) is 16.2. The molecule has 5 heteroatoms. The first-order chi connectivity index (χ1) is 9.28. The molecule has 0 amide bonds. The predicted octanol–water partition coefficient (Wildman–Crippen LogP) is 2.16. The largest absolute Gasteiger partial charge is 0.481 e. The van der Waals surface area contributed by atoms with Crippen LogP contribution in [-0.2, 0) is 6.54 Å². The molecule has 0 saturated heterocycles. The molecule has 1 heterocycles. The van der Waals surface area contributed by atoms with Crippen molar-refractivity contribution < 1.29 is 9.47 Å². The molecule has 5 nitrogen and oxygen atoms in total. The smallest absolute Gasteiger partial charge is 0.224 e. The van der Waals surface area contributed by atoms with Gasteiger partial charge in [0.15, 0.2) is 0 Å². The molecule has 0 aromatic carbocycles. The van der Waals surface area contributed by atoms with Crippen LogP contribution in [0.1, 0.15) is 38.2 Å². The molecular formula is C14H23N3O2. The van der Waals surface area contributed by atoms with E-state index >= 15 is 0 Å². The lowest BCUT2D eigenvalue weighted by atomic mass is 10.1. The van der Waals surface area contributed by atoms with Crippen molar-refractivity contribution >= 4 is 0 Å². The van der Waals surface area contributed by atoms with Crippen molar-refractivity contribution in [2.24, 2.45) is 5.92 Å². The molecule has 0 aliphatic heterocycles. The first-order valence-corrected chi connectivity index (χ1v) is 6.93. The van der Waals surface area contributed by atoms with E-state index in [1.54, 1.807) is 14.2 Å². The van der Waals surface area contributed by atoms with Crippen LogP contribution in [0.5, 0.6) is 11.8 Å². The Balaban J connectivity index is 1.99. The molecule has 106 valence electrons. The zero-order valence-corrected chi connectivity index (χ0v) is 12.0. The molecule has 1 saturated carbocycles. The van der Waals surface area contributed by atoms with Crippen molar-refractivity contribution in [3.8, 4) is 11.8 Å². The number of rotatable bonds is 8. The summed E-state index contributed by atoms with van der Waals surface area (Å²) in [5, 5.41) is 3.57. The van der Waals surface area contributed by atoms with E-state index in [0.717, 1.165) is 17.9 Å². The van der Waals surface area contributed by atoms with Crippen molar-refractivity contribution in [3.05, 3.63) is 11.9 Å². The third-order valence-corrected chi connectivity index (χ3v) is 3.63. The van der Waals surface area contributed by atoms with Crippen molar-refractivity contribution in [1.29, 1.82) is 0 Å². The zero-order chi connectivity index (χ0) is 13.7. The number of nitrogens with one attached hydrogen (secondary N) is 1. The first-order valence-electron chi connectivity index (χ1n) is 6.93. The van der Waals surface area contributed by atoms with E-state index < -0.39 is 0 Å². The van der Waals surface area contributed by atoms with Gasteiger partial charge in [-0.1, -0.05) is 19.8 Å². The maximum absolute atomic E-state index is 5.28. The average molecular weight is 265 g/mol. The Morgan fingerprint density at radius 2 is 1.89 bits per heavy atom. The fraction of sp³-hybridized carbons (Fsp3) is 0.714. The molecule has 1 aliphatic rings. The van der Waals surface area contributed by atoms with Crippen LogP contribution in [0.4, 0.5) is 0 Å². The van der Waals surface area contributed by atoms with Crippen LogP contribution in [0.3, 0.4) is 0 Å². The van der Waals surface area contributed by atoms with Crippen molar-refractivity contribution in [1.82, 2.24) is 15.3 Å². The molecule has 1 N–H and O–H groups in total. The van der Waals surface area contributed by atoms with Crippen LogP contribution in [0.2, 0.25) is 0 Å². The van der Waals surface area contributed by atoms with Gasteiger partial charge in [0.25, 0.3) is 0 Å². The molecular weight excluding hydrogens is 242 g/mol. The summed E-state index contributed by atoms with van der Waals surface area (Å²) in [6.07, 6.45) is 6.63. The third kappa shape index (κ3) is 3.80. The van der Waals surface area contributed by atoms with Crippen molar-refractivity contribution in [2.45, 2.75) is 45.2 Å². The maximum atomic E-state index is 5.28. The van der Waals surface area contributed by atoms with Gasteiger partial charge in [-0.2, -0.15) is 0 Å². The highest BCUT2D eigenvalue weighted by atomic mass is 16.5. The Hall–Kier alpha value is -1.36. The second-order valence-corrected chi connectivity index (χ2v) is 5.04. The van der Waals surface area contributed by atoms with Crippen LogP contribution in [0.25, 0.3) is 0 Å². The van der Waals surface area contributed by atoms with Gasteiger partial charge in [-0.15, -0.1) is 0 Å². The summed E-state index contributed by atoms with van der Waals surface area (Å²) >= 11 is 0. The fourth-order valence-electron chi connectivity index (χ4n) is 2.28. The van der Waals surface area contributed by atoms with Crippen LogP contribution in [0, 0.1) is 5.92 Å². The molecule has 1 fully saturated rings. The van der Waals surface area contributed by atoms with Gasteiger partial charge in [-0.05, 0) is 18.8 Å². The Labute approximate surface area is 114 Å². The fourth-order valence-corrected chi connectivity index (χ4v) is 2.28. The van der Waals surface area contributed by atoms with Gasteiger partial charge in [0.2, 0.25) is 11.8 Å². The highest BCUT2D eigenvalue weighted by Crippen LogP contribution is 2.34. The quantitative estimate of drug-likeness (QED) is 0.780. The number of nitrogens with zero attached hydrogens (tertiary/aromatic N) is 2. The second kappa shape index (κ2) is 6.70. The van der Waals surface area contributed by atoms with Crippen molar-refractivity contribution in [3.63, 3.8) is 0 Å². The molecule has 0 spiro atoms. The van der Waals surface area contributed by atoms with E-state index in [0.29, 0.717) is 24.3 Å². The third-order valence-electron chi connectivity index (χ3n) is 3.63. The highest BCUT2D eigenvalue weighted by Gasteiger charge is 2.25. The topological polar surface area (TPSA) is 56.3 Å². The Morgan fingerprint density at radius 1 is 1.26 bits per heavy atom. The molecule has 1 aromatic heterocycles. The Morgan fingerprint density at radius 3 is 2.37 bits per heavy atom. The van der Waals surface area contributed by atoms with Crippen LogP contribution < -0.4 is 14.8 Å².